The maximum Gasteiger partial charge on any atom is 0.220 e. The van der Waals surface area contributed by atoms with Crippen molar-refractivity contribution >= 4 is 11.7 Å². The van der Waals surface area contributed by atoms with Crippen LogP contribution in [-0.4, -0.2) is 42.7 Å². The molecule has 0 unspecified atom stereocenters. The van der Waals surface area contributed by atoms with E-state index in [9.17, 15) is 9.59 Å². The number of ketones is 1. The van der Waals surface area contributed by atoms with Crippen LogP contribution in [0.25, 0.3) is 0 Å². The van der Waals surface area contributed by atoms with Gasteiger partial charge in [0.25, 0.3) is 0 Å². The molecular formula is C23H43NO4. The lowest BCUT2D eigenvalue weighted by Crippen LogP contribution is -2.39. The second kappa shape index (κ2) is 11.9. The van der Waals surface area contributed by atoms with Gasteiger partial charge in [0.05, 0.1) is 18.3 Å². The summed E-state index contributed by atoms with van der Waals surface area (Å²) in [6.07, 6.45) is 10.2. The average Bonchev–Trinajstić information content (AvgIpc) is 2.66. The first-order valence-electron chi connectivity index (χ1n) is 11.4. The molecule has 164 valence electrons. The number of nitrogens with one attached hydrogen (secondary N) is 1. The highest BCUT2D eigenvalue weighted by Crippen LogP contribution is 2.27. The second-order valence-electron chi connectivity index (χ2n) is 9.23. The molecule has 2 saturated carbocycles. The molecule has 0 heterocycles. The van der Waals surface area contributed by atoms with Gasteiger partial charge in [-0.2, -0.15) is 0 Å². The lowest BCUT2D eigenvalue weighted by atomic mass is 9.80. The summed E-state index contributed by atoms with van der Waals surface area (Å²) in [7, 11) is 0. The summed E-state index contributed by atoms with van der Waals surface area (Å²) in [6, 6.07) is 0.237. The number of carbonyl (C=O) groups excluding carboxylic acids is 2. The molecule has 2 fully saturated rings. The normalized spacial score (nSPS) is 28.5. The maximum absolute atomic E-state index is 12.2. The van der Waals surface area contributed by atoms with Crippen LogP contribution in [0.4, 0.5) is 0 Å². The molecule has 0 aromatic rings. The Hall–Kier alpha value is -0.940. The molecule has 0 bridgehead atoms. The molecule has 0 saturated heterocycles. The second-order valence-corrected chi connectivity index (χ2v) is 9.23. The van der Waals surface area contributed by atoms with E-state index in [0.717, 1.165) is 57.8 Å². The van der Waals surface area contributed by atoms with E-state index < -0.39 is 0 Å². The van der Waals surface area contributed by atoms with Crippen molar-refractivity contribution in [2.45, 2.75) is 116 Å². The van der Waals surface area contributed by atoms with Crippen LogP contribution in [0.3, 0.4) is 0 Å². The zero-order valence-corrected chi connectivity index (χ0v) is 18.4. The van der Waals surface area contributed by atoms with Crippen molar-refractivity contribution in [3.63, 3.8) is 0 Å². The Morgan fingerprint density at radius 2 is 1.54 bits per heavy atom. The highest BCUT2D eigenvalue weighted by atomic mass is 16.5. The van der Waals surface area contributed by atoms with E-state index in [1.165, 1.54) is 0 Å². The van der Waals surface area contributed by atoms with Gasteiger partial charge in [-0.25, -0.2) is 0 Å². The molecule has 0 aliphatic heterocycles. The van der Waals surface area contributed by atoms with Crippen LogP contribution in [0, 0.1) is 11.8 Å². The Morgan fingerprint density at radius 1 is 0.929 bits per heavy atom. The molecule has 1 N–H and O–H groups in total. The first kappa shape index (κ1) is 23.3. The van der Waals surface area contributed by atoms with Gasteiger partial charge >= 0.3 is 0 Å². The summed E-state index contributed by atoms with van der Waals surface area (Å²) in [6.45, 7) is 8.78. The Kier molecular flexibility index (Phi) is 9.93. The van der Waals surface area contributed by atoms with Gasteiger partial charge in [-0.1, -0.05) is 13.8 Å². The predicted octanol–water partition coefficient (Wildman–Crippen LogP) is 4.67. The van der Waals surface area contributed by atoms with Crippen molar-refractivity contribution < 1.29 is 20.5 Å². The van der Waals surface area contributed by atoms with Crippen LogP contribution in [0.2, 0.25) is 0 Å². The maximum atomic E-state index is 12.2. The Labute approximate surface area is 172 Å². The van der Waals surface area contributed by atoms with Gasteiger partial charge in [-0.05, 0) is 71.6 Å². The monoisotopic (exact) mass is 397 g/mol. The van der Waals surface area contributed by atoms with Crippen LogP contribution in [0.5, 0.6) is 0 Å². The lowest BCUT2D eigenvalue weighted by molar-refractivity contribution is -0.127. The lowest BCUT2D eigenvalue weighted by Gasteiger charge is -2.30. The Balaban J connectivity index is 0.00000420. The fourth-order valence-corrected chi connectivity index (χ4v) is 4.50. The van der Waals surface area contributed by atoms with Gasteiger partial charge in [0.2, 0.25) is 5.91 Å². The minimum absolute atomic E-state index is 0. The van der Waals surface area contributed by atoms with Crippen LogP contribution in [-0.2, 0) is 19.1 Å². The Morgan fingerprint density at radius 3 is 2.11 bits per heavy atom. The molecule has 0 radical (unpaired) electrons. The van der Waals surface area contributed by atoms with E-state index >= 15 is 0 Å². The van der Waals surface area contributed by atoms with Crippen molar-refractivity contribution in [2.75, 3.05) is 6.61 Å². The van der Waals surface area contributed by atoms with Crippen LogP contribution < -0.4 is 5.32 Å². The highest BCUT2D eigenvalue weighted by Gasteiger charge is 2.28. The van der Waals surface area contributed by atoms with Gasteiger partial charge in [0.1, 0.15) is 5.78 Å². The van der Waals surface area contributed by atoms with E-state index in [1.807, 2.05) is 13.8 Å². The zero-order chi connectivity index (χ0) is 20.5. The van der Waals surface area contributed by atoms with E-state index in [4.69, 9.17) is 9.47 Å². The third-order valence-corrected chi connectivity index (χ3v) is 6.05. The number of hydrogen-bond donors (Lipinski definition) is 1. The summed E-state index contributed by atoms with van der Waals surface area (Å²) in [4.78, 5) is 24.3. The quantitative estimate of drug-likeness (QED) is 0.544. The van der Waals surface area contributed by atoms with Crippen LogP contribution in [0.1, 0.15) is 93.3 Å². The minimum Gasteiger partial charge on any atom is -0.378 e. The summed E-state index contributed by atoms with van der Waals surface area (Å²) in [5, 5.41) is 3.15. The summed E-state index contributed by atoms with van der Waals surface area (Å²) in [5.74, 6) is 0.819. The fourth-order valence-electron chi connectivity index (χ4n) is 4.50. The fraction of sp³-hybridized carbons (Fsp3) is 0.913. The first-order valence-corrected chi connectivity index (χ1v) is 11.4. The molecule has 0 atom stereocenters. The molecule has 0 aromatic carbocycles. The number of carbonyl (C=O) groups is 2. The molecule has 0 spiro atoms. The molecule has 2 rings (SSSR count). The summed E-state index contributed by atoms with van der Waals surface area (Å²) < 4.78 is 11.8. The molecule has 1 amide bonds. The van der Waals surface area contributed by atoms with Crippen LogP contribution >= 0.6 is 0 Å². The molecule has 2 aliphatic carbocycles. The van der Waals surface area contributed by atoms with Gasteiger partial charge in [0.15, 0.2) is 0 Å². The number of amides is 1. The molecule has 0 aromatic heterocycles. The third kappa shape index (κ3) is 8.20. The molecule has 5 nitrogen and oxygen atoms in total. The van der Waals surface area contributed by atoms with Crippen molar-refractivity contribution in [3.05, 3.63) is 0 Å². The number of Topliss-reactive ketones (excluding diaryl/α,β-unsaturated/α-hetero) is 1. The predicted molar refractivity (Wildman–Crippen MR) is 113 cm³/mol. The van der Waals surface area contributed by atoms with E-state index in [1.54, 1.807) is 0 Å². The van der Waals surface area contributed by atoms with Gasteiger partial charge in [0, 0.05) is 32.3 Å². The molecule has 2 aliphatic rings. The molecular weight excluding hydrogens is 354 g/mol. The average molecular weight is 398 g/mol. The zero-order valence-electron chi connectivity index (χ0n) is 18.4. The summed E-state index contributed by atoms with van der Waals surface area (Å²) >= 11 is 0. The first-order chi connectivity index (χ1) is 13.3. The third-order valence-electron chi connectivity index (χ3n) is 6.05. The number of hydrogen-bond acceptors (Lipinski definition) is 4. The van der Waals surface area contributed by atoms with Crippen molar-refractivity contribution in [1.82, 2.24) is 5.32 Å². The smallest absolute Gasteiger partial charge is 0.220 e. The molecule has 5 heteroatoms. The van der Waals surface area contributed by atoms with E-state index in [0.29, 0.717) is 37.1 Å². The van der Waals surface area contributed by atoms with Crippen molar-refractivity contribution in [3.8, 4) is 0 Å². The van der Waals surface area contributed by atoms with Crippen molar-refractivity contribution in [1.29, 1.82) is 0 Å². The van der Waals surface area contributed by atoms with Crippen molar-refractivity contribution in [2.24, 2.45) is 11.8 Å². The van der Waals surface area contributed by atoms with Gasteiger partial charge < -0.3 is 14.8 Å². The standard InChI is InChI=1S/C23H41NO4.H2/c1-16(2)23(26)18-7-9-19(10-8-18)24-22(25)6-5-15-27-20-11-13-21(14-12-20)28-17(3)4;/h16-21H,5-15H2,1-4H3,(H,24,25);1H. The van der Waals surface area contributed by atoms with Gasteiger partial charge in [-0.3, -0.25) is 9.59 Å². The van der Waals surface area contributed by atoms with Crippen LogP contribution in [0.15, 0.2) is 0 Å². The SMILES string of the molecule is CC(C)OC1CCC(OCCCC(=O)NC2CCC(C(=O)C(C)C)CC2)CC1.[HH]. The molecule has 28 heavy (non-hydrogen) atoms. The topological polar surface area (TPSA) is 64.6 Å². The van der Waals surface area contributed by atoms with Gasteiger partial charge in [-0.15, -0.1) is 0 Å². The number of ether oxygens (including phenoxy) is 2. The minimum atomic E-state index is 0. The number of rotatable bonds is 10. The van der Waals surface area contributed by atoms with E-state index in [2.05, 4.69) is 19.2 Å². The largest absolute Gasteiger partial charge is 0.378 e. The van der Waals surface area contributed by atoms with E-state index in [-0.39, 0.29) is 25.2 Å². The summed E-state index contributed by atoms with van der Waals surface area (Å²) in [5.41, 5.74) is 0. The highest BCUT2D eigenvalue weighted by molar-refractivity contribution is 5.83. The Bertz CT molecular complexity index is 481.